The third-order valence-corrected chi connectivity index (χ3v) is 3.30. The highest BCUT2D eigenvalue weighted by Gasteiger charge is 2.17. The Morgan fingerprint density at radius 1 is 1.44 bits per heavy atom. The molecule has 3 rings (SSSR count). The Morgan fingerprint density at radius 3 is 3.17 bits per heavy atom. The van der Waals surface area contributed by atoms with Crippen LogP contribution in [0.3, 0.4) is 0 Å². The van der Waals surface area contributed by atoms with Crippen molar-refractivity contribution >= 4 is 0 Å². The van der Waals surface area contributed by atoms with E-state index in [0.29, 0.717) is 5.92 Å². The van der Waals surface area contributed by atoms with E-state index in [1.807, 2.05) is 18.3 Å². The van der Waals surface area contributed by atoms with Crippen molar-refractivity contribution in [2.24, 2.45) is 5.92 Å². The van der Waals surface area contributed by atoms with Crippen LogP contribution in [0.1, 0.15) is 6.42 Å². The van der Waals surface area contributed by atoms with Crippen LogP contribution in [0, 0.1) is 5.92 Å². The molecule has 2 aromatic rings. The van der Waals surface area contributed by atoms with Crippen molar-refractivity contribution in [3.63, 3.8) is 0 Å². The number of benzene rings is 1. The highest BCUT2D eigenvalue weighted by Crippen LogP contribution is 2.23. The summed E-state index contributed by atoms with van der Waals surface area (Å²) in [7, 11) is 0. The van der Waals surface area contributed by atoms with Crippen molar-refractivity contribution in [2.75, 3.05) is 13.2 Å². The first kappa shape index (κ1) is 11.3. The normalized spacial score (nSPS) is 19.2. The average Bonchev–Trinajstić information content (AvgIpc) is 3.01. The van der Waals surface area contributed by atoms with Crippen molar-refractivity contribution < 1.29 is 9.84 Å². The van der Waals surface area contributed by atoms with E-state index in [-0.39, 0.29) is 5.75 Å². The summed E-state index contributed by atoms with van der Waals surface area (Å²) in [5.74, 6) is 1.74. The summed E-state index contributed by atoms with van der Waals surface area (Å²) < 4.78 is 7.53. The van der Waals surface area contributed by atoms with E-state index in [4.69, 9.17) is 4.74 Å². The fourth-order valence-electron chi connectivity index (χ4n) is 2.37. The molecule has 1 aliphatic heterocycles. The number of hydrogen-bond acceptors (Lipinski definition) is 3. The Morgan fingerprint density at radius 2 is 2.39 bits per heavy atom. The molecule has 4 heteroatoms. The number of hydrogen-bond donors (Lipinski definition) is 1. The lowest BCUT2D eigenvalue weighted by Crippen LogP contribution is -2.10. The second kappa shape index (κ2) is 4.82. The average molecular weight is 244 g/mol. The van der Waals surface area contributed by atoms with Crippen molar-refractivity contribution in [3.05, 3.63) is 36.7 Å². The van der Waals surface area contributed by atoms with Gasteiger partial charge in [0.25, 0.3) is 0 Å². The van der Waals surface area contributed by atoms with Crippen LogP contribution in [-0.4, -0.2) is 27.9 Å². The van der Waals surface area contributed by atoms with E-state index < -0.39 is 0 Å². The summed E-state index contributed by atoms with van der Waals surface area (Å²) in [5.41, 5.74) is 0.943. The molecule has 0 spiro atoms. The first-order chi connectivity index (χ1) is 8.83. The van der Waals surface area contributed by atoms with Gasteiger partial charge in [0.1, 0.15) is 11.6 Å². The predicted octanol–water partition coefficient (Wildman–Crippen LogP) is 2.29. The Hall–Kier alpha value is -1.81. The molecule has 4 nitrogen and oxygen atoms in total. The van der Waals surface area contributed by atoms with Crippen LogP contribution in [-0.2, 0) is 11.3 Å². The summed E-state index contributed by atoms with van der Waals surface area (Å²) in [6.07, 6.45) is 4.89. The van der Waals surface area contributed by atoms with Gasteiger partial charge in [-0.25, -0.2) is 4.98 Å². The molecule has 0 radical (unpaired) electrons. The van der Waals surface area contributed by atoms with Gasteiger partial charge in [-0.2, -0.15) is 0 Å². The molecule has 1 atom stereocenters. The number of phenols is 1. The topological polar surface area (TPSA) is 47.3 Å². The number of nitrogens with zero attached hydrogens (tertiary/aromatic N) is 2. The van der Waals surface area contributed by atoms with Crippen LogP contribution in [0.25, 0.3) is 11.4 Å². The lowest BCUT2D eigenvalue weighted by molar-refractivity contribution is 0.182. The lowest BCUT2D eigenvalue weighted by atomic mass is 10.1. The molecule has 1 saturated heterocycles. The molecule has 18 heavy (non-hydrogen) atoms. The zero-order valence-electron chi connectivity index (χ0n) is 10.1. The number of phenolic OH excluding ortho intramolecular Hbond substituents is 1. The molecule has 1 aromatic heterocycles. The summed E-state index contributed by atoms with van der Waals surface area (Å²) >= 11 is 0. The number of imidazole rings is 1. The van der Waals surface area contributed by atoms with Gasteiger partial charge in [0.05, 0.1) is 6.61 Å². The minimum absolute atomic E-state index is 0.270. The monoisotopic (exact) mass is 244 g/mol. The molecule has 94 valence electrons. The Kier molecular flexibility index (Phi) is 3.02. The zero-order chi connectivity index (χ0) is 12.4. The molecule has 0 amide bonds. The fourth-order valence-corrected chi connectivity index (χ4v) is 2.37. The first-order valence-corrected chi connectivity index (χ1v) is 6.21. The van der Waals surface area contributed by atoms with Crippen LogP contribution in [0.15, 0.2) is 36.7 Å². The predicted molar refractivity (Wildman–Crippen MR) is 68.3 cm³/mol. The van der Waals surface area contributed by atoms with Crippen LogP contribution < -0.4 is 0 Å². The van der Waals surface area contributed by atoms with Crippen LogP contribution >= 0.6 is 0 Å². The zero-order valence-corrected chi connectivity index (χ0v) is 10.1. The second-order valence-corrected chi connectivity index (χ2v) is 4.68. The van der Waals surface area contributed by atoms with Gasteiger partial charge < -0.3 is 14.4 Å². The third-order valence-electron chi connectivity index (χ3n) is 3.30. The highest BCUT2D eigenvalue weighted by atomic mass is 16.5. The molecule has 0 saturated carbocycles. The second-order valence-electron chi connectivity index (χ2n) is 4.68. The highest BCUT2D eigenvalue weighted by molar-refractivity contribution is 5.57. The molecule has 1 fully saturated rings. The number of rotatable bonds is 3. The maximum Gasteiger partial charge on any atom is 0.140 e. The smallest absolute Gasteiger partial charge is 0.140 e. The van der Waals surface area contributed by atoms with Crippen molar-refractivity contribution in [2.45, 2.75) is 13.0 Å². The van der Waals surface area contributed by atoms with Gasteiger partial charge in [-0.05, 0) is 18.6 Å². The first-order valence-electron chi connectivity index (χ1n) is 6.21. The number of aromatic hydroxyl groups is 1. The third kappa shape index (κ3) is 2.24. The summed E-state index contributed by atoms with van der Waals surface area (Å²) in [6.45, 7) is 2.61. The Bertz CT molecular complexity index is 530. The van der Waals surface area contributed by atoms with E-state index in [9.17, 15) is 5.11 Å². The standard InChI is InChI=1S/C14H16N2O2/c17-13-3-1-2-12(8-13)14-15-5-6-16(14)9-11-4-7-18-10-11/h1-3,5-6,8,11,17H,4,7,9-10H2. The van der Waals surface area contributed by atoms with Gasteiger partial charge in [-0.1, -0.05) is 12.1 Å². The van der Waals surface area contributed by atoms with Gasteiger partial charge in [0, 0.05) is 37.0 Å². The quantitative estimate of drug-likeness (QED) is 0.901. The maximum atomic E-state index is 9.53. The van der Waals surface area contributed by atoms with Crippen molar-refractivity contribution in [1.29, 1.82) is 0 Å². The number of ether oxygens (including phenoxy) is 1. The van der Waals surface area contributed by atoms with Crippen LogP contribution in [0.4, 0.5) is 0 Å². The van der Waals surface area contributed by atoms with Crippen LogP contribution in [0.2, 0.25) is 0 Å². The van der Waals surface area contributed by atoms with Gasteiger partial charge in [0.15, 0.2) is 0 Å². The molecule has 0 bridgehead atoms. The van der Waals surface area contributed by atoms with Crippen molar-refractivity contribution in [1.82, 2.24) is 9.55 Å². The molecule has 1 aromatic carbocycles. The largest absolute Gasteiger partial charge is 0.508 e. The maximum absolute atomic E-state index is 9.53. The molecule has 1 unspecified atom stereocenters. The van der Waals surface area contributed by atoms with Gasteiger partial charge in [0.2, 0.25) is 0 Å². The fraction of sp³-hybridized carbons (Fsp3) is 0.357. The molecule has 1 N–H and O–H groups in total. The van der Waals surface area contributed by atoms with Gasteiger partial charge in [-0.3, -0.25) is 0 Å². The molecule has 0 aliphatic carbocycles. The number of aromatic nitrogens is 2. The van der Waals surface area contributed by atoms with E-state index >= 15 is 0 Å². The SMILES string of the molecule is Oc1cccc(-c2nccn2CC2CCOC2)c1. The summed E-state index contributed by atoms with van der Waals surface area (Å²) in [6, 6.07) is 7.21. The lowest BCUT2D eigenvalue weighted by Gasteiger charge is -2.12. The minimum Gasteiger partial charge on any atom is -0.508 e. The molecule has 2 heterocycles. The van der Waals surface area contributed by atoms with Gasteiger partial charge >= 0.3 is 0 Å². The van der Waals surface area contributed by atoms with E-state index in [1.54, 1.807) is 18.3 Å². The Labute approximate surface area is 106 Å². The molecular weight excluding hydrogens is 228 g/mol. The molecular formula is C14H16N2O2. The van der Waals surface area contributed by atoms with Gasteiger partial charge in [-0.15, -0.1) is 0 Å². The van der Waals surface area contributed by atoms with E-state index in [0.717, 1.165) is 37.6 Å². The summed E-state index contributed by atoms with van der Waals surface area (Å²) in [4.78, 5) is 4.38. The van der Waals surface area contributed by atoms with Crippen molar-refractivity contribution in [3.8, 4) is 17.1 Å². The van der Waals surface area contributed by atoms with E-state index in [1.165, 1.54) is 0 Å². The van der Waals surface area contributed by atoms with E-state index in [2.05, 4.69) is 9.55 Å². The summed E-state index contributed by atoms with van der Waals surface area (Å²) in [5, 5.41) is 9.53. The molecule has 1 aliphatic rings. The Balaban J connectivity index is 1.86. The van der Waals surface area contributed by atoms with Crippen LogP contribution in [0.5, 0.6) is 5.75 Å². The minimum atomic E-state index is 0.270.